The van der Waals surface area contributed by atoms with Crippen LogP contribution in [0, 0.1) is 5.92 Å². The minimum atomic E-state index is -1.83. The fourth-order valence-corrected chi connectivity index (χ4v) is 1.15. The first-order chi connectivity index (χ1) is 11.6. The molecule has 2 rings (SSSR count). The fourth-order valence-electron chi connectivity index (χ4n) is 1.02. The number of pyridine rings is 1. The van der Waals surface area contributed by atoms with E-state index in [1.165, 1.54) is 0 Å². The SMILES string of the molecule is CC(C)C.ClCc1cc(-c2cccnc2)on1.N.O=C(O)O.O=C(O)O. The van der Waals surface area contributed by atoms with Crippen molar-refractivity contribution in [3.8, 4) is 11.3 Å². The van der Waals surface area contributed by atoms with Crippen LogP contribution in [0.1, 0.15) is 26.5 Å². The summed E-state index contributed by atoms with van der Waals surface area (Å²) in [6.45, 7) is 6.50. The molecule has 2 heterocycles. The maximum absolute atomic E-state index is 8.56. The van der Waals surface area contributed by atoms with Crippen LogP contribution in [0.25, 0.3) is 11.3 Å². The number of nitrogens with zero attached hydrogens (tertiary/aromatic N) is 2. The summed E-state index contributed by atoms with van der Waals surface area (Å²) in [5.74, 6) is 1.90. The van der Waals surface area contributed by atoms with Gasteiger partial charge in [-0.05, 0) is 18.1 Å². The van der Waals surface area contributed by atoms with E-state index >= 15 is 0 Å². The summed E-state index contributed by atoms with van der Waals surface area (Å²) in [5.41, 5.74) is 1.65. The Bertz CT molecular complexity index is 584. The molecule has 26 heavy (non-hydrogen) atoms. The van der Waals surface area contributed by atoms with Gasteiger partial charge in [-0.25, -0.2) is 9.59 Å². The van der Waals surface area contributed by atoms with Crippen molar-refractivity contribution in [1.29, 1.82) is 0 Å². The first-order valence-electron chi connectivity index (χ1n) is 6.85. The molecule has 0 radical (unpaired) electrons. The molecule has 0 saturated heterocycles. The summed E-state index contributed by atoms with van der Waals surface area (Å²) in [5, 5.41) is 31.7. The molecule has 0 spiro atoms. The van der Waals surface area contributed by atoms with Crippen molar-refractivity contribution >= 4 is 23.9 Å². The smallest absolute Gasteiger partial charge is 0.450 e. The Labute approximate surface area is 155 Å². The zero-order valence-corrected chi connectivity index (χ0v) is 15.4. The summed E-state index contributed by atoms with van der Waals surface area (Å²) < 4.78 is 5.07. The maximum Gasteiger partial charge on any atom is 0.503 e. The standard InChI is InChI=1S/C9H7ClN2O.C4H10.2CH2O3.H3N/c10-5-8-4-9(13-12-8)7-2-1-3-11-6-7;1-4(2)3;2*2-1(3)4;/h1-4,6H,5H2;4H,1-3H3;2*(H2,2,3,4);1H3. The fraction of sp³-hybridized carbons (Fsp3) is 0.333. The summed E-state index contributed by atoms with van der Waals surface area (Å²) in [7, 11) is 0. The lowest BCUT2D eigenvalue weighted by Gasteiger charge is -1.90. The molecule has 10 nitrogen and oxygen atoms in total. The van der Waals surface area contributed by atoms with Gasteiger partial charge in [0.1, 0.15) is 0 Å². The predicted molar refractivity (Wildman–Crippen MR) is 96.1 cm³/mol. The highest BCUT2D eigenvalue weighted by Gasteiger charge is 2.04. The minimum Gasteiger partial charge on any atom is -0.450 e. The molecule has 0 unspecified atom stereocenters. The first kappa shape index (κ1) is 28.0. The first-order valence-corrected chi connectivity index (χ1v) is 7.39. The Morgan fingerprint density at radius 1 is 1.15 bits per heavy atom. The van der Waals surface area contributed by atoms with Gasteiger partial charge < -0.3 is 31.1 Å². The Hall–Kier alpha value is -2.85. The largest absolute Gasteiger partial charge is 0.503 e. The summed E-state index contributed by atoms with van der Waals surface area (Å²) in [6.07, 6.45) is -0.235. The van der Waals surface area contributed by atoms with E-state index in [4.69, 9.17) is 46.1 Å². The molecule has 0 aromatic carbocycles. The lowest BCUT2D eigenvalue weighted by Crippen LogP contribution is -1.81. The molecule has 2 aromatic heterocycles. The molecular formula is C15H24ClN3O7. The van der Waals surface area contributed by atoms with Crippen LogP contribution >= 0.6 is 11.6 Å². The zero-order valence-electron chi connectivity index (χ0n) is 14.7. The lowest BCUT2D eigenvalue weighted by atomic mass is 10.2. The Morgan fingerprint density at radius 2 is 1.62 bits per heavy atom. The number of carbonyl (C=O) groups is 2. The molecule has 0 aliphatic carbocycles. The molecule has 0 aliphatic rings. The number of hydrogen-bond donors (Lipinski definition) is 5. The van der Waals surface area contributed by atoms with E-state index in [2.05, 4.69) is 30.9 Å². The van der Waals surface area contributed by atoms with Crippen LogP contribution in [0.4, 0.5) is 9.59 Å². The van der Waals surface area contributed by atoms with Crippen molar-refractivity contribution in [2.75, 3.05) is 0 Å². The van der Waals surface area contributed by atoms with E-state index in [1.807, 2.05) is 18.2 Å². The molecular weight excluding hydrogens is 370 g/mol. The molecule has 0 fully saturated rings. The van der Waals surface area contributed by atoms with E-state index < -0.39 is 12.3 Å². The van der Waals surface area contributed by atoms with Gasteiger partial charge in [-0.1, -0.05) is 25.9 Å². The summed E-state index contributed by atoms with van der Waals surface area (Å²) in [6, 6.07) is 5.56. The molecule has 7 N–H and O–H groups in total. The van der Waals surface area contributed by atoms with Gasteiger partial charge >= 0.3 is 12.3 Å². The van der Waals surface area contributed by atoms with Gasteiger partial charge in [0.05, 0.1) is 11.6 Å². The highest BCUT2D eigenvalue weighted by atomic mass is 35.5. The van der Waals surface area contributed by atoms with Gasteiger partial charge in [0.25, 0.3) is 0 Å². The third-order valence-corrected chi connectivity index (χ3v) is 1.92. The molecule has 148 valence electrons. The van der Waals surface area contributed by atoms with Gasteiger partial charge in [0.2, 0.25) is 0 Å². The molecule has 0 amide bonds. The third-order valence-electron chi connectivity index (χ3n) is 1.64. The summed E-state index contributed by atoms with van der Waals surface area (Å²) in [4.78, 5) is 21.1. The number of rotatable bonds is 2. The van der Waals surface area contributed by atoms with Crippen molar-refractivity contribution in [1.82, 2.24) is 16.3 Å². The van der Waals surface area contributed by atoms with Crippen LogP contribution in [0.15, 0.2) is 35.1 Å². The molecule has 0 saturated carbocycles. The highest BCUT2D eigenvalue weighted by Crippen LogP contribution is 2.19. The predicted octanol–water partition coefficient (Wildman–Crippen LogP) is 4.74. The Balaban J connectivity index is -0.000000342. The van der Waals surface area contributed by atoms with Crippen molar-refractivity contribution in [2.24, 2.45) is 5.92 Å². The maximum atomic E-state index is 8.56. The van der Waals surface area contributed by atoms with E-state index in [-0.39, 0.29) is 6.15 Å². The van der Waals surface area contributed by atoms with Gasteiger partial charge in [-0.15, -0.1) is 11.6 Å². The van der Waals surface area contributed by atoms with Crippen molar-refractivity contribution in [3.05, 3.63) is 36.3 Å². The van der Waals surface area contributed by atoms with E-state index in [9.17, 15) is 0 Å². The van der Waals surface area contributed by atoms with Crippen LogP contribution in [0.5, 0.6) is 0 Å². The Kier molecular flexibility index (Phi) is 18.3. The second kappa shape index (κ2) is 17.0. The number of alkyl halides is 1. The zero-order chi connectivity index (χ0) is 19.8. The van der Waals surface area contributed by atoms with Crippen LogP contribution in [0.3, 0.4) is 0 Å². The van der Waals surface area contributed by atoms with Crippen molar-refractivity contribution in [2.45, 2.75) is 26.7 Å². The van der Waals surface area contributed by atoms with Crippen LogP contribution in [-0.2, 0) is 5.88 Å². The van der Waals surface area contributed by atoms with Crippen LogP contribution < -0.4 is 6.15 Å². The molecule has 11 heteroatoms. The average molecular weight is 394 g/mol. The number of hydrogen-bond acceptors (Lipinski definition) is 6. The average Bonchev–Trinajstić information content (AvgIpc) is 2.95. The lowest BCUT2D eigenvalue weighted by molar-refractivity contribution is 0.135. The normalized spacial score (nSPS) is 8.35. The second-order valence-corrected chi connectivity index (χ2v) is 5.12. The van der Waals surface area contributed by atoms with E-state index in [0.29, 0.717) is 11.6 Å². The monoisotopic (exact) mass is 393 g/mol. The molecule has 0 aliphatic heterocycles. The Morgan fingerprint density at radius 3 is 1.92 bits per heavy atom. The minimum absolute atomic E-state index is 0. The highest BCUT2D eigenvalue weighted by molar-refractivity contribution is 6.16. The van der Waals surface area contributed by atoms with Crippen LogP contribution in [0.2, 0.25) is 0 Å². The van der Waals surface area contributed by atoms with Crippen molar-refractivity contribution in [3.63, 3.8) is 0 Å². The van der Waals surface area contributed by atoms with Crippen LogP contribution in [-0.4, -0.2) is 42.9 Å². The third kappa shape index (κ3) is 21.1. The molecule has 2 aromatic rings. The topological polar surface area (TPSA) is 189 Å². The second-order valence-electron chi connectivity index (χ2n) is 4.86. The number of aromatic nitrogens is 2. The van der Waals surface area contributed by atoms with Crippen molar-refractivity contribution < 1.29 is 34.5 Å². The quantitative estimate of drug-likeness (QED) is 0.445. The van der Waals surface area contributed by atoms with Gasteiger partial charge in [-0.2, -0.15) is 0 Å². The molecule has 0 bridgehead atoms. The number of halogens is 1. The van der Waals surface area contributed by atoms with Gasteiger partial charge in [0.15, 0.2) is 5.76 Å². The number of carboxylic acid groups (broad SMARTS) is 4. The van der Waals surface area contributed by atoms with Gasteiger partial charge in [0, 0.05) is 24.0 Å². The summed E-state index contributed by atoms with van der Waals surface area (Å²) >= 11 is 5.59. The van der Waals surface area contributed by atoms with Gasteiger partial charge in [-0.3, -0.25) is 4.98 Å². The van der Waals surface area contributed by atoms with E-state index in [0.717, 1.165) is 17.2 Å². The van der Waals surface area contributed by atoms with E-state index in [1.54, 1.807) is 12.4 Å². The molecule has 0 atom stereocenters.